The maximum absolute atomic E-state index is 6.00. The molecular weight excluding hydrogens is 176 g/mol. The van der Waals surface area contributed by atoms with Crippen molar-refractivity contribution in [2.75, 3.05) is 13.7 Å². The number of hydrogen-bond acceptors (Lipinski definition) is 2. The van der Waals surface area contributed by atoms with E-state index in [0.717, 1.165) is 19.4 Å². The molecule has 1 aliphatic rings. The average molecular weight is 198 g/mol. The van der Waals surface area contributed by atoms with Gasteiger partial charge in [-0.1, -0.05) is 25.7 Å². The van der Waals surface area contributed by atoms with Crippen molar-refractivity contribution in [1.29, 1.82) is 0 Å². The molecular formula is C11H22N2O. The molecule has 1 aliphatic carbocycles. The molecule has 1 fully saturated rings. The van der Waals surface area contributed by atoms with Crippen LogP contribution in [0.1, 0.15) is 45.4 Å². The lowest BCUT2D eigenvalue weighted by molar-refractivity contribution is 0.0360. The summed E-state index contributed by atoms with van der Waals surface area (Å²) in [7, 11) is 1.75. The molecule has 0 aliphatic heterocycles. The van der Waals surface area contributed by atoms with Gasteiger partial charge in [-0.05, 0) is 19.8 Å². The Hall–Kier alpha value is -0.570. The number of aliphatic imine (C=N–C) groups is 1. The molecule has 1 rings (SSSR count). The van der Waals surface area contributed by atoms with E-state index in [0.29, 0.717) is 5.84 Å². The van der Waals surface area contributed by atoms with E-state index in [1.54, 1.807) is 7.11 Å². The van der Waals surface area contributed by atoms with E-state index in [4.69, 9.17) is 10.5 Å². The Labute approximate surface area is 86.7 Å². The molecule has 0 spiro atoms. The summed E-state index contributed by atoms with van der Waals surface area (Å²) in [6.07, 6.45) is 7.05. The quantitative estimate of drug-likeness (QED) is 0.429. The fourth-order valence-corrected chi connectivity index (χ4v) is 2.18. The van der Waals surface area contributed by atoms with E-state index in [2.05, 4.69) is 4.99 Å². The second kappa shape index (κ2) is 5.35. The van der Waals surface area contributed by atoms with E-state index in [9.17, 15) is 0 Å². The SMILES string of the molecule is CCN=C(N)C1(OC)CCCCCC1. The van der Waals surface area contributed by atoms with Crippen LogP contribution in [0.4, 0.5) is 0 Å². The van der Waals surface area contributed by atoms with Gasteiger partial charge in [0.05, 0.1) is 0 Å². The summed E-state index contributed by atoms with van der Waals surface area (Å²) in [6.45, 7) is 2.75. The van der Waals surface area contributed by atoms with E-state index in [1.165, 1.54) is 25.7 Å². The maximum Gasteiger partial charge on any atom is 0.126 e. The summed E-state index contributed by atoms with van der Waals surface area (Å²) in [6, 6.07) is 0. The zero-order valence-corrected chi connectivity index (χ0v) is 9.38. The highest BCUT2D eigenvalue weighted by atomic mass is 16.5. The molecule has 0 aromatic rings. The predicted molar refractivity (Wildman–Crippen MR) is 59.6 cm³/mol. The predicted octanol–water partition coefficient (Wildman–Crippen LogP) is 2.10. The Morgan fingerprint density at radius 1 is 1.29 bits per heavy atom. The standard InChI is InChI=1S/C11H22N2O/c1-3-13-10(12)11(14-2)8-6-4-5-7-9-11/h3-9H2,1-2H3,(H2,12,13). The maximum atomic E-state index is 6.00. The summed E-state index contributed by atoms with van der Waals surface area (Å²) in [5.41, 5.74) is 5.74. The van der Waals surface area contributed by atoms with Gasteiger partial charge in [-0.15, -0.1) is 0 Å². The van der Waals surface area contributed by atoms with Gasteiger partial charge >= 0.3 is 0 Å². The first kappa shape index (κ1) is 11.5. The number of nitrogens with two attached hydrogens (primary N) is 1. The normalized spacial score (nSPS) is 23.1. The molecule has 14 heavy (non-hydrogen) atoms. The Morgan fingerprint density at radius 3 is 2.29 bits per heavy atom. The lowest BCUT2D eigenvalue weighted by Crippen LogP contribution is -2.45. The van der Waals surface area contributed by atoms with Crippen LogP contribution in [0.25, 0.3) is 0 Å². The smallest absolute Gasteiger partial charge is 0.126 e. The topological polar surface area (TPSA) is 47.6 Å². The Bertz CT molecular complexity index is 193. The molecule has 3 heteroatoms. The molecule has 0 heterocycles. The van der Waals surface area contributed by atoms with Crippen molar-refractivity contribution in [2.45, 2.75) is 51.0 Å². The molecule has 0 bridgehead atoms. The zero-order valence-electron chi connectivity index (χ0n) is 9.38. The fourth-order valence-electron chi connectivity index (χ4n) is 2.18. The zero-order chi connectivity index (χ0) is 10.4. The molecule has 0 aromatic heterocycles. The molecule has 0 radical (unpaired) electrons. The van der Waals surface area contributed by atoms with Crippen LogP contribution in [0.15, 0.2) is 4.99 Å². The summed E-state index contributed by atoms with van der Waals surface area (Å²) < 4.78 is 5.62. The van der Waals surface area contributed by atoms with Gasteiger partial charge in [0.1, 0.15) is 11.4 Å². The third-order valence-corrected chi connectivity index (χ3v) is 3.10. The Morgan fingerprint density at radius 2 is 1.86 bits per heavy atom. The summed E-state index contributed by atoms with van der Waals surface area (Å²) in [4.78, 5) is 4.30. The largest absolute Gasteiger partial charge is 0.385 e. The summed E-state index contributed by atoms with van der Waals surface area (Å²) in [5.74, 6) is 0.699. The molecule has 0 unspecified atom stereocenters. The van der Waals surface area contributed by atoms with Gasteiger partial charge in [-0.3, -0.25) is 4.99 Å². The highest BCUT2D eigenvalue weighted by Crippen LogP contribution is 2.30. The fraction of sp³-hybridized carbons (Fsp3) is 0.909. The molecule has 0 atom stereocenters. The number of hydrogen-bond donors (Lipinski definition) is 1. The second-order valence-electron chi connectivity index (χ2n) is 3.97. The average Bonchev–Trinajstić information content (AvgIpc) is 2.44. The van der Waals surface area contributed by atoms with Crippen molar-refractivity contribution in [3.63, 3.8) is 0 Å². The van der Waals surface area contributed by atoms with Crippen molar-refractivity contribution >= 4 is 5.84 Å². The van der Waals surface area contributed by atoms with Crippen LogP contribution in [0.3, 0.4) is 0 Å². The number of nitrogens with zero attached hydrogens (tertiary/aromatic N) is 1. The van der Waals surface area contributed by atoms with Crippen LogP contribution in [0.2, 0.25) is 0 Å². The second-order valence-corrected chi connectivity index (χ2v) is 3.97. The third kappa shape index (κ3) is 2.47. The molecule has 1 saturated carbocycles. The van der Waals surface area contributed by atoms with Crippen molar-refractivity contribution in [3.05, 3.63) is 0 Å². The first-order valence-electron chi connectivity index (χ1n) is 5.61. The number of methoxy groups -OCH3 is 1. The first-order valence-corrected chi connectivity index (χ1v) is 5.61. The van der Waals surface area contributed by atoms with E-state index in [1.807, 2.05) is 6.92 Å². The van der Waals surface area contributed by atoms with Crippen LogP contribution in [0, 0.1) is 0 Å². The molecule has 3 nitrogen and oxygen atoms in total. The van der Waals surface area contributed by atoms with Gasteiger partial charge in [-0.25, -0.2) is 0 Å². The molecule has 0 saturated heterocycles. The summed E-state index contributed by atoms with van der Waals surface area (Å²) >= 11 is 0. The summed E-state index contributed by atoms with van der Waals surface area (Å²) in [5, 5.41) is 0. The van der Waals surface area contributed by atoms with Crippen LogP contribution in [-0.4, -0.2) is 25.1 Å². The number of ether oxygens (including phenoxy) is 1. The van der Waals surface area contributed by atoms with Crippen LogP contribution in [0.5, 0.6) is 0 Å². The molecule has 82 valence electrons. The van der Waals surface area contributed by atoms with Gasteiger partial charge in [0.15, 0.2) is 0 Å². The Kier molecular flexibility index (Phi) is 4.39. The highest BCUT2D eigenvalue weighted by Gasteiger charge is 2.34. The third-order valence-electron chi connectivity index (χ3n) is 3.10. The van der Waals surface area contributed by atoms with E-state index < -0.39 is 0 Å². The minimum absolute atomic E-state index is 0.257. The van der Waals surface area contributed by atoms with Gasteiger partial charge in [0.2, 0.25) is 0 Å². The lowest BCUT2D eigenvalue weighted by atomic mass is 9.93. The lowest BCUT2D eigenvalue weighted by Gasteiger charge is -2.30. The van der Waals surface area contributed by atoms with Gasteiger partial charge < -0.3 is 10.5 Å². The Balaban J connectivity index is 2.76. The van der Waals surface area contributed by atoms with Gasteiger partial charge in [0, 0.05) is 13.7 Å². The minimum Gasteiger partial charge on any atom is -0.385 e. The van der Waals surface area contributed by atoms with Crippen LogP contribution >= 0.6 is 0 Å². The highest BCUT2D eigenvalue weighted by molar-refractivity contribution is 5.89. The molecule has 0 amide bonds. The van der Waals surface area contributed by atoms with Crippen LogP contribution in [-0.2, 0) is 4.74 Å². The number of amidine groups is 1. The van der Waals surface area contributed by atoms with Crippen LogP contribution < -0.4 is 5.73 Å². The van der Waals surface area contributed by atoms with E-state index >= 15 is 0 Å². The minimum atomic E-state index is -0.257. The van der Waals surface area contributed by atoms with Crippen molar-refractivity contribution in [3.8, 4) is 0 Å². The molecule has 0 aromatic carbocycles. The van der Waals surface area contributed by atoms with Crippen molar-refractivity contribution in [2.24, 2.45) is 10.7 Å². The molecule has 2 N–H and O–H groups in total. The monoisotopic (exact) mass is 198 g/mol. The van der Waals surface area contributed by atoms with E-state index in [-0.39, 0.29) is 5.60 Å². The van der Waals surface area contributed by atoms with Gasteiger partial charge in [0.25, 0.3) is 0 Å². The first-order chi connectivity index (χ1) is 6.75. The van der Waals surface area contributed by atoms with Gasteiger partial charge in [-0.2, -0.15) is 0 Å². The van der Waals surface area contributed by atoms with Crippen molar-refractivity contribution < 1.29 is 4.74 Å². The van der Waals surface area contributed by atoms with Crippen molar-refractivity contribution in [1.82, 2.24) is 0 Å². The number of rotatable bonds is 3.